The van der Waals surface area contributed by atoms with Crippen LogP contribution in [-0.4, -0.2) is 10.1 Å². The van der Waals surface area contributed by atoms with E-state index in [1.807, 2.05) is 12.1 Å². The van der Waals surface area contributed by atoms with E-state index in [2.05, 4.69) is 10.3 Å². The lowest BCUT2D eigenvalue weighted by Crippen LogP contribution is -2.00. The molecule has 2 rings (SSSR count). The minimum Gasteiger partial charge on any atom is -0.508 e. The number of nitrogens with one attached hydrogen (secondary N) is 1. The van der Waals surface area contributed by atoms with Crippen LogP contribution in [0.25, 0.3) is 0 Å². The fourth-order valence-corrected chi connectivity index (χ4v) is 1.69. The third-order valence-corrected chi connectivity index (χ3v) is 2.40. The summed E-state index contributed by atoms with van der Waals surface area (Å²) in [4.78, 5) is 4.12. The van der Waals surface area contributed by atoms with Crippen LogP contribution in [0, 0.1) is 0 Å². The fraction of sp³-hybridized carbons (Fsp3) is 0.0833. The van der Waals surface area contributed by atoms with Crippen LogP contribution in [0.3, 0.4) is 0 Å². The number of benzene rings is 1. The van der Waals surface area contributed by atoms with E-state index in [4.69, 9.17) is 17.3 Å². The summed E-state index contributed by atoms with van der Waals surface area (Å²) in [7, 11) is 0. The number of anilines is 2. The minimum absolute atomic E-state index is 0.191. The number of nitrogens with two attached hydrogens (primary N) is 1. The van der Waals surface area contributed by atoms with Gasteiger partial charge in [-0.15, -0.1) is 0 Å². The molecule has 4 nitrogen and oxygen atoms in total. The van der Waals surface area contributed by atoms with E-state index in [0.717, 1.165) is 11.3 Å². The average molecular weight is 250 g/mol. The van der Waals surface area contributed by atoms with Gasteiger partial charge in [0.05, 0.1) is 0 Å². The van der Waals surface area contributed by atoms with Gasteiger partial charge in [0.2, 0.25) is 0 Å². The predicted molar refractivity (Wildman–Crippen MR) is 68.5 cm³/mol. The minimum atomic E-state index is 0.191. The summed E-state index contributed by atoms with van der Waals surface area (Å²) >= 11 is 5.87. The third kappa shape index (κ3) is 3.09. The van der Waals surface area contributed by atoms with Gasteiger partial charge in [-0.2, -0.15) is 0 Å². The summed E-state index contributed by atoms with van der Waals surface area (Å²) in [6.45, 7) is 0.400. The number of halogens is 1. The molecule has 5 heteroatoms. The zero-order valence-electron chi connectivity index (χ0n) is 9.02. The first-order valence-corrected chi connectivity index (χ1v) is 5.48. The Labute approximate surface area is 104 Å². The standard InChI is InChI=1S/C12H12ClN3O/c13-11-4-8(7-14)5-12(16-11)15-9-2-1-3-10(17)6-9/h1-6,17H,7,14H2,(H,15,16). The molecule has 0 atom stereocenters. The van der Waals surface area contributed by atoms with Crippen molar-refractivity contribution in [1.29, 1.82) is 0 Å². The summed E-state index contributed by atoms with van der Waals surface area (Å²) in [6.07, 6.45) is 0. The molecule has 1 heterocycles. The molecular weight excluding hydrogens is 238 g/mol. The van der Waals surface area contributed by atoms with Gasteiger partial charge < -0.3 is 16.2 Å². The highest BCUT2D eigenvalue weighted by Crippen LogP contribution is 2.21. The number of phenols is 1. The lowest BCUT2D eigenvalue weighted by Gasteiger charge is -2.07. The molecule has 0 unspecified atom stereocenters. The highest BCUT2D eigenvalue weighted by Gasteiger charge is 2.01. The topological polar surface area (TPSA) is 71.2 Å². The van der Waals surface area contributed by atoms with Crippen molar-refractivity contribution in [3.05, 3.63) is 47.1 Å². The van der Waals surface area contributed by atoms with Crippen LogP contribution < -0.4 is 11.1 Å². The molecule has 1 aromatic carbocycles. The zero-order chi connectivity index (χ0) is 12.3. The molecule has 4 N–H and O–H groups in total. The fourth-order valence-electron chi connectivity index (χ4n) is 1.46. The summed E-state index contributed by atoms with van der Waals surface area (Å²) < 4.78 is 0. The largest absolute Gasteiger partial charge is 0.508 e. The van der Waals surface area contributed by atoms with Crippen LogP contribution in [0.1, 0.15) is 5.56 Å². The smallest absolute Gasteiger partial charge is 0.132 e. The second kappa shape index (κ2) is 5.03. The molecule has 0 spiro atoms. The number of hydrogen-bond donors (Lipinski definition) is 3. The Morgan fingerprint density at radius 2 is 2.12 bits per heavy atom. The first kappa shape index (κ1) is 11.7. The molecule has 1 aromatic heterocycles. The second-order valence-corrected chi connectivity index (χ2v) is 3.95. The van der Waals surface area contributed by atoms with Gasteiger partial charge in [0.1, 0.15) is 16.7 Å². The van der Waals surface area contributed by atoms with Crippen molar-refractivity contribution >= 4 is 23.1 Å². The lowest BCUT2D eigenvalue weighted by atomic mass is 10.2. The van der Waals surface area contributed by atoms with Gasteiger partial charge in [0.15, 0.2) is 0 Å². The van der Waals surface area contributed by atoms with Gasteiger partial charge in [-0.3, -0.25) is 0 Å². The maximum absolute atomic E-state index is 9.34. The van der Waals surface area contributed by atoms with Crippen LogP contribution in [0.2, 0.25) is 5.15 Å². The van der Waals surface area contributed by atoms with Crippen LogP contribution >= 0.6 is 11.6 Å². The molecule has 0 saturated heterocycles. The number of aromatic nitrogens is 1. The van der Waals surface area contributed by atoms with Crippen LogP contribution in [0.15, 0.2) is 36.4 Å². The monoisotopic (exact) mass is 249 g/mol. The Hall–Kier alpha value is -1.78. The Bertz CT molecular complexity index is 531. The van der Waals surface area contributed by atoms with Crippen LogP contribution in [0.4, 0.5) is 11.5 Å². The van der Waals surface area contributed by atoms with Gasteiger partial charge in [0.25, 0.3) is 0 Å². The van der Waals surface area contributed by atoms with Crippen molar-refractivity contribution in [1.82, 2.24) is 4.98 Å². The number of hydrogen-bond acceptors (Lipinski definition) is 4. The quantitative estimate of drug-likeness (QED) is 0.732. The molecule has 0 bridgehead atoms. The van der Waals surface area contributed by atoms with E-state index in [9.17, 15) is 5.11 Å². The van der Waals surface area contributed by atoms with Crippen LogP contribution in [-0.2, 0) is 6.54 Å². The van der Waals surface area contributed by atoms with E-state index in [0.29, 0.717) is 17.5 Å². The average Bonchev–Trinajstić information content (AvgIpc) is 2.28. The SMILES string of the molecule is NCc1cc(Cl)nc(Nc2cccc(O)c2)c1. The molecule has 2 aromatic rings. The summed E-state index contributed by atoms with van der Waals surface area (Å²) in [5.41, 5.74) is 7.19. The molecule has 0 radical (unpaired) electrons. The van der Waals surface area contributed by atoms with E-state index in [1.165, 1.54) is 0 Å². The Kier molecular flexibility index (Phi) is 3.46. The van der Waals surface area contributed by atoms with Crippen molar-refractivity contribution < 1.29 is 5.11 Å². The lowest BCUT2D eigenvalue weighted by molar-refractivity contribution is 0.475. The molecule has 0 aliphatic heterocycles. The normalized spacial score (nSPS) is 10.2. The summed E-state index contributed by atoms with van der Waals surface area (Å²) in [5, 5.41) is 12.8. The second-order valence-electron chi connectivity index (χ2n) is 3.56. The van der Waals surface area contributed by atoms with Crippen LogP contribution in [0.5, 0.6) is 5.75 Å². The highest BCUT2D eigenvalue weighted by atomic mass is 35.5. The third-order valence-electron chi connectivity index (χ3n) is 2.21. The van der Waals surface area contributed by atoms with Crippen molar-refractivity contribution in [3.8, 4) is 5.75 Å². The maximum Gasteiger partial charge on any atom is 0.132 e. The molecule has 0 aliphatic rings. The van der Waals surface area contributed by atoms with Gasteiger partial charge in [-0.05, 0) is 29.8 Å². The van der Waals surface area contributed by atoms with Gasteiger partial charge >= 0.3 is 0 Å². The molecule has 0 amide bonds. The van der Waals surface area contributed by atoms with Crippen molar-refractivity contribution in [2.75, 3.05) is 5.32 Å². The zero-order valence-corrected chi connectivity index (χ0v) is 9.78. The van der Waals surface area contributed by atoms with Crippen molar-refractivity contribution in [2.45, 2.75) is 6.54 Å². The predicted octanol–water partition coefficient (Wildman–Crippen LogP) is 2.64. The van der Waals surface area contributed by atoms with E-state index >= 15 is 0 Å². The van der Waals surface area contributed by atoms with Gasteiger partial charge in [-0.25, -0.2) is 4.98 Å². The molecular formula is C12H12ClN3O. The van der Waals surface area contributed by atoms with E-state index < -0.39 is 0 Å². The number of aromatic hydroxyl groups is 1. The summed E-state index contributed by atoms with van der Waals surface area (Å²) in [6, 6.07) is 10.3. The molecule has 88 valence electrons. The molecule has 0 aliphatic carbocycles. The van der Waals surface area contributed by atoms with Gasteiger partial charge in [-0.1, -0.05) is 17.7 Å². The van der Waals surface area contributed by atoms with E-state index in [-0.39, 0.29) is 5.75 Å². The van der Waals surface area contributed by atoms with Crippen molar-refractivity contribution in [2.24, 2.45) is 5.73 Å². The number of rotatable bonds is 3. The molecule has 0 saturated carbocycles. The summed E-state index contributed by atoms with van der Waals surface area (Å²) in [5.74, 6) is 0.791. The van der Waals surface area contributed by atoms with Crippen molar-refractivity contribution in [3.63, 3.8) is 0 Å². The maximum atomic E-state index is 9.34. The Morgan fingerprint density at radius 1 is 1.29 bits per heavy atom. The first-order valence-electron chi connectivity index (χ1n) is 5.10. The number of nitrogens with zero attached hydrogens (tertiary/aromatic N) is 1. The van der Waals surface area contributed by atoms with E-state index in [1.54, 1.807) is 24.3 Å². The first-order chi connectivity index (χ1) is 8.17. The number of phenolic OH excluding ortho intramolecular Hbond substituents is 1. The Balaban J connectivity index is 2.26. The number of pyridine rings is 1. The Morgan fingerprint density at radius 3 is 2.82 bits per heavy atom. The molecule has 0 fully saturated rings. The molecule has 17 heavy (non-hydrogen) atoms. The van der Waals surface area contributed by atoms with Gasteiger partial charge in [0, 0.05) is 18.3 Å². The highest BCUT2D eigenvalue weighted by molar-refractivity contribution is 6.29.